The van der Waals surface area contributed by atoms with E-state index in [9.17, 15) is 13.6 Å². The zero-order valence-corrected chi connectivity index (χ0v) is 17.9. The van der Waals surface area contributed by atoms with E-state index in [1.165, 1.54) is 4.31 Å². The fourth-order valence-corrected chi connectivity index (χ4v) is 5.09. The van der Waals surface area contributed by atoms with Crippen LogP contribution in [0.25, 0.3) is 0 Å². The van der Waals surface area contributed by atoms with Crippen molar-refractivity contribution in [2.75, 3.05) is 6.54 Å². The van der Waals surface area contributed by atoms with E-state index >= 15 is 0 Å². The average Bonchev–Trinajstić information content (AvgIpc) is 3.29. The van der Waals surface area contributed by atoms with Crippen molar-refractivity contribution in [3.63, 3.8) is 0 Å². The summed E-state index contributed by atoms with van der Waals surface area (Å²) in [6.45, 7) is 4.13. The van der Waals surface area contributed by atoms with Crippen LogP contribution in [0.2, 0.25) is 5.15 Å². The maximum absolute atomic E-state index is 13.0. The minimum Gasteiger partial charge on any atom is -0.593 e. The van der Waals surface area contributed by atoms with Crippen LogP contribution in [0.15, 0.2) is 33.9 Å². The summed E-state index contributed by atoms with van der Waals surface area (Å²) in [6.07, 6.45) is 3.21. The van der Waals surface area contributed by atoms with Gasteiger partial charge in [-0.1, -0.05) is 27.0 Å². The van der Waals surface area contributed by atoms with E-state index < -0.39 is 10.4 Å². The molecule has 0 bridgehead atoms. The molecular weight excluding hydrogens is 432 g/mol. The van der Waals surface area contributed by atoms with Crippen LogP contribution in [-0.2, 0) is 34.2 Å². The molecule has 0 spiro atoms. The molecule has 0 saturated heterocycles. The molecule has 10 nitrogen and oxygen atoms in total. The van der Waals surface area contributed by atoms with E-state index in [1.807, 2.05) is 0 Å². The Morgan fingerprint density at radius 2 is 2.17 bits per heavy atom. The molecule has 0 radical (unpaired) electrons. The van der Waals surface area contributed by atoms with E-state index in [-0.39, 0.29) is 41.9 Å². The van der Waals surface area contributed by atoms with Crippen molar-refractivity contribution in [1.29, 1.82) is 0 Å². The van der Waals surface area contributed by atoms with Gasteiger partial charge in [0.05, 0.1) is 6.54 Å². The summed E-state index contributed by atoms with van der Waals surface area (Å²) >= 11 is 5.76. The lowest BCUT2D eigenvalue weighted by atomic mass is 10.3. The van der Waals surface area contributed by atoms with E-state index in [1.54, 1.807) is 42.9 Å². The third-order valence-corrected chi connectivity index (χ3v) is 7.12. The second-order valence-electron chi connectivity index (χ2n) is 6.90. The van der Waals surface area contributed by atoms with Gasteiger partial charge in [0.25, 0.3) is 5.91 Å². The van der Waals surface area contributed by atoms with Crippen LogP contribution in [0.4, 0.5) is 0 Å². The summed E-state index contributed by atoms with van der Waals surface area (Å²) in [5, 5.41) is 6.88. The van der Waals surface area contributed by atoms with E-state index in [0.29, 0.717) is 23.2 Å². The minimum absolute atomic E-state index is 0.0563. The fraction of sp³-hybridized carbons (Fsp3) is 0.333. The van der Waals surface area contributed by atoms with E-state index in [0.717, 1.165) is 5.56 Å². The number of fused-ring (bicyclic) bond motifs is 1. The highest BCUT2D eigenvalue weighted by atomic mass is 35.5. The molecule has 0 saturated carbocycles. The number of nitrogens with one attached hydrogen (secondary N) is 1. The number of nitrogens with zero attached hydrogens (tertiary/aromatic N) is 5. The summed E-state index contributed by atoms with van der Waals surface area (Å²) in [4.78, 5) is 20.9. The minimum atomic E-state index is -3.78. The maximum atomic E-state index is 13.0. The molecule has 0 fully saturated rings. The Balaban J connectivity index is 1.47. The van der Waals surface area contributed by atoms with Crippen molar-refractivity contribution in [3.8, 4) is 0 Å². The summed E-state index contributed by atoms with van der Waals surface area (Å²) in [7, 11) is -3.78. The van der Waals surface area contributed by atoms with Gasteiger partial charge in [-0.15, -0.1) is 4.31 Å². The first kappa shape index (κ1) is 20.7. The molecule has 1 aliphatic rings. The van der Waals surface area contributed by atoms with Gasteiger partial charge in [-0.05, 0) is 18.6 Å². The Bertz CT molecular complexity index is 1120. The summed E-state index contributed by atoms with van der Waals surface area (Å²) < 4.78 is 34.2. The number of carbonyl (C=O) groups excluding carboxylic acids is 1. The van der Waals surface area contributed by atoms with Crippen molar-refractivity contribution in [1.82, 2.24) is 29.3 Å². The SMILES string of the molecule is Cc1noc(C)c1[S+](=O)([O-])N1CCn2cc(C(=O)NCc3ccc(Cl)nc3)nc2C1. The molecule has 0 aliphatic carbocycles. The number of halogens is 1. The lowest BCUT2D eigenvalue weighted by Crippen LogP contribution is -2.42. The van der Waals surface area contributed by atoms with Gasteiger partial charge in [0.1, 0.15) is 28.9 Å². The van der Waals surface area contributed by atoms with Gasteiger partial charge in [0.15, 0.2) is 16.2 Å². The lowest BCUT2D eigenvalue weighted by molar-refractivity contribution is 0.0946. The predicted molar refractivity (Wildman–Crippen MR) is 106 cm³/mol. The topological polar surface area (TPSA) is 129 Å². The van der Waals surface area contributed by atoms with Gasteiger partial charge in [-0.2, -0.15) is 0 Å². The van der Waals surface area contributed by atoms with Gasteiger partial charge in [0, 0.05) is 32.4 Å². The molecule has 1 amide bonds. The van der Waals surface area contributed by atoms with Gasteiger partial charge < -0.3 is 19.0 Å². The first-order chi connectivity index (χ1) is 14.3. The second-order valence-corrected chi connectivity index (χ2v) is 9.16. The molecule has 4 heterocycles. The van der Waals surface area contributed by atoms with Crippen molar-refractivity contribution >= 4 is 27.9 Å². The molecule has 1 N–H and O–H groups in total. The highest BCUT2D eigenvalue weighted by molar-refractivity contribution is 7.95. The van der Waals surface area contributed by atoms with Gasteiger partial charge in [-0.3, -0.25) is 4.79 Å². The largest absolute Gasteiger partial charge is 0.593 e. The van der Waals surface area contributed by atoms with E-state index in [4.69, 9.17) is 16.1 Å². The standard InChI is InChI=1S/C18H19ClN6O4S/c1-11-17(12(2)29-23-11)30(27,28)25-6-5-24-9-14(22-16(24)10-25)18(26)21-8-13-3-4-15(19)20-7-13/h3-4,7,9H,5-6,8,10H2,1-2H3,(H-,21,26,27,28). The summed E-state index contributed by atoms with van der Waals surface area (Å²) in [5.74, 6) is 0.389. The third kappa shape index (κ3) is 3.88. The highest BCUT2D eigenvalue weighted by Crippen LogP contribution is 2.30. The Morgan fingerprint density at radius 3 is 2.83 bits per heavy atom. The molecule has 3 aromatic heterocycles. The number of imidazole rings is 1. The summed E-state index contributed by atoms with van der Waals surface area (Å²) in [5.41, 5.74) is 1.34. The maximum Gasteiger partial charge on any atom is 0.271 e. The first-order valence-electron chi connectivity index (χ1n) is 9.13. The summed E-state index contributed by atoms with van der Waals surface area (Å²) in [6, 6.07) is 3.41. The molecular formula is C18H19ClN6O4S. The molecule has 12 heteroatoms. The molecule has 1 atom stereocenters. The Morgan fingerprint density at radius 1 is 1.37 bits per heavy atom. The number of rotatable bonds is 5. The van der Waals surface area contributed by atoms with Crippen LogP contribution in [0.1, 0.15) is 33.3 Å². The molecule has 1 aliphatic heterocycles. The number of hydrogen-bond acceptors (Lipinski definition) is 7. The molecule has 158 valence electrons. The number of sulfonamides is 1. The zero-order valence-electron chi connectivity index (χ0n) is 16.3. The molecule has 4 rings (SSSR count). The monoisotopic (exact) mass is 450 g/mol. The number of hydrogen-bond donors (Lipinski definition) is 1. The van der Waals surface area contributed by atoms with Gasteiger partial charge in [0.2, 0.25) is 4.90 Å². The first-order valence-corrected chi connectivity index (χ1v) is 10.9. The third-order valence-electron chi connectivity index (χ3n) is 4.81. The number of aromatic nitrogens is 4. The molecule has 1 unspecified atom stereocenters. The number of amides is 1. The Kier molecular flexibility index (Phi) is 5.45. The van der Waals surface area contributed by atoms with E-state index in [2.05, 4.69) is 20.4 Å². The fourth-order valence-electron chi connectivity index (χ4n) is 3.30. The van der Waals surface area contributed by atoms with Crippen molar-refractivity contribution in [2.24, 2.45) is 0 Å². The second kappa shape index (κ2) is 7.91. The predicted octanol–water partition coefficient (Wildman–Crippen LogP) is 1.89. The van der Waals surface area contributed by atoms with Crippen LogP contribution in [-0.4, -0.2) is 41.0 Å². The zero-order chi connectivity index (χ0) is 21.5. The molecule has 0 aromatic carbocycles. The van der Waals surface area contributed by atoms with Crippen molar-refractivity contribution in [2.45, 2.75) is 38.4 Å². The van der Waals surface area contributed by atoms with Crippen molar-refractivity contribution < 1.29 is 18.1 Å². The van der Waals surface area contributed by atoms with Crippen LogP contribution in [0.5, 0.6) is 0 Å². The Hall–Kier alpha value is -2.60. The van der Waals surface area contributed by atoms with Crippen LogP contribution >= 0.6 is 11.6 Å². The van der Waals surface area contributed by atoms with Gasteiger partial charge >= 0.3 is 0 Å². The number of aryl methyl sites for hydroxylation is 2. The molecule has 30 heavy (non-hydrogen) atoms. The Labute approximate surface area is 178 Å². The normalized spacial score (nSPS) is 16.1. The lowest BCUT2D eigenvalue weighted by Gasteiger charge is -2.30. The average molecular weight is 451 g/mol. The number of carbonyl (C=O) groups is 1. The van der Waals surface area contributed by atoms with Crippen LogP contribution < -0.4 is 5.32 Å². The van der Waals surface area contributed by atoms with Crippen LogP contribution in [0.3, 0.4) is 0 Å². The number of pyridine rings is 1. The van der Waals surface area contributed by atoms with Crippen LogP contribution in [0, 0.1) is 13.8 Å². The van der Waals surface area contributed by atoms with Gasteiger partial charge in [-0.25, -0.2) is 9.97 Å². The molecule has 3 aromatic rings. The smallest absolute Gasteiger partial charge is 0.271 e. The highest BCUT2D eigenvalue weighted by Gasteiger charge is 2.39. The van der Waals surface area contributed by atoms with Crippen molar-refractivity contribution in [3.05, 3.63) is 58.2 Å². The quantitative estimate of drug-likeness (QED) is 0.464.